The Balaban J connectivity index is 3.18. The summed E-state index contributed by atoms with van der Waals surface area (Å²) in [5.41, 5.74) is 0.957. The van der Waals surface area contributed by atoms with E-state index in [4.69, 9.17) is 11.6 Å². The van der Waals surface area contributed by atoms with Crippen LogP contribution < -0.4 is 5.32 Å². The van der Waals surface area contributed by atoms with Crippen LogP contribution in [0.25, 0.3) is 0 Å². The first-order valence-corrected chi connectivity index (χ1v) is 5.38. The number of benzene rings is 1. The molecule has 1 unspecified atom stereocenters. The first kappa shape index (κ1) is 13.1. The van der Waals surface area contributed by atoms with Crippen molar-refractivity contribution >= 4 is 11.6 Å². The van der Waals surface area contributed by atoms with E-state index >= 15 is 0 Å². The minimum absolute atomic E-state index is 0.210. The van der Waals surface area contributed by atoms with Crippen LogP contribution in [0, 0.1) is 11.6 Å². The maximum absolute atomic E-state index is 13.6. The number of nitrogens with one attached hydrogen (secondary N) is 1. The SMILES string of the molecule is C=C(C)C(NCC)c1cc(F)c(Cl)cc1F. The molecule has 0 saturated heterocycles. The van der Waals surface area contributed by atoms with Crippen molar-refractivity contribution in [3.8, 4) is 0 Å². The summed E-state index contributed by atoms with van der Waals surface area (Å²) in [5, 5.41) is 2.83. The molecule has 0 aliphatic rings. The largest absolute Gasteiger partial charge is 0.307 e. The third-order valence-corrected chi connectivity index (χ3v) is 2.54. The van der Waals surface area contributed by atoms with E-state index in [-0.39, 0.29) is 10.6 Å². The van der Waals surface area contributed by atoms with Gasteiger partial charge in [-0.3, -0.25) is 0 Å². The Bertz CT molecular complexity index is 404. The molecule has 16 heavy (non-hydrogen) atoms. The topological polar surface area (TPSA) is 12.0 Å². The summed E-state index contributed by atoms with van der Waals surface area (Å²) in [4.78, 5) is 0. The van der Waals surface area contributed by atoms with Crippen LogP contribution in [0.3, 0.4) is 0 Å². The summed E-state index contributed by atoms with van der Waals surface area (Å²) >= 11 is 5.49. The molecule has 0 radical (unpaired) electrons. The minimum Gasteiger partial charge on any atom is -0.307 e. The van der Waals surface area contributed by atoms with Crippen molar-refractivity contribution in [2.75, 3.05) is 6.54 Å². The fourth-order valence-electron chi connectivity index (χ4n) is 1.51. The van der Waals surface area contributed by atoms with Gasteiger partial charge < -0.3 is 5.32 Å². The maximum Gasteiger partial charge on any atom is 0.142 e. The molecule has 1 aromatic rings. The van der Waals surface area contributed by atoms with E-state index < -0.39 is 17.7 Å². The second-order valence-corrected chi connectivity index (χ2v) is 4.03. The molecule has 0 spiro atoms. The van der Waals surface area contributed by atoms with Gasteiger partial charge in [0.1, 0.15) is 11.6 Å². The van der Waals surface area contributed by atoms with Crippen LogP contribution in [-0.2, 0) is 0 Å². The summed E-state index contributed by atoms with van der Waals surface area (Å²) in [7, 11) is 0. The van der Waals surface area contributed by atoms with Crippen molar-refractivity contribution in [2.24, 2.45) is 0 Å². The first-order chi connectivity index (χ1) is 7.47. The number of rotatable bonds is 4. The third kappa shape index (κ3) is 2.80. The highest BCUT2D eigenvalue weighted by Crippen LogP contribution is 2.27. The van der Waals surface area contributed by atoms with E-state index in [0.717, 1.165) is 17.7 Å². The van der Waals surface area contributed by atoms with Gasteiger partial charge in [0.2, 0.25) is 0 Å². The lowest BCUT2D eigenvalue weighted by atomic mass is 10.0. The molecule has 1 N–H and O–H groups in total. The Morgan fingerprint density at radius 1 is 1.44 bits per heavy atom. The van der Waals surface area contributed by atoms with Crippen molar-refractivity contribution in [3.05, 3.63) is 46.5 Å². The lowest BCUT2D eigenvalue weighted by Gasteiger charge is -2.19. The lowest BCUT2D eigenvalue weighted by molar-refractivity contribution is 0.541. The zero-order chi connectivity index (χ0) is 12.3. The predicted octanol–water partition coefficient (Wildman–Crippen LogP) is 3.84. The molecule has 0 saturated carbocycles. The molecule has 0 heterocycles. The smallest absolute Gasteiger partial charge is 0.142 e. The predicted molar refractivity (Wildman–Crippen MR) is 62.6 cm³/mol. The summed E-state index contributed by atoms with van der Waals surface area (Å²) in [6, 6.07) is 1.70. The summed E-state index contributed by atoms with van der Waals surface area (Å²) in [5.74, 6) is -1.15. The molecule has 88 valence electrons. The fraction of sp³-hybridized carbons (Fsp3) is 0.333. The van der Waals surface area contributed by atoms with Gasteiger partial charge in [-0.25, -0.2) is 8.78 Å². The zero-order valence-corrected chi connectivity index (χ0v) is 10.0. The van der Waals surface area contributed by atoms with Gasteiger partial charge >= 0.3 is 0 Å². The quantitative estimate of drug-likeness (QED) is 0.628. The molecule has 0 aromatic heterocycles. The zero-order valence-electron chi connectivity index (χ0n) is 9.28. The van der Waals surface area contributed by atoms with E-state index in [9.17, 15) is 8.78 Å². The number of hydrogen-bond donors (Lipinski definition) is 1. The highest BCUT2D eigenvalue weighted by molar-refractivity contribution is 6.30. The van der Waals surface area contributed by atoms with Gasteiger partial charge in [-0.2, -0.15) is 0 Å². The molecule has 1 rings (SSSR count). The average Bonchev–Trinajstić information content (AvgIpc) is 2.20. The molecule has 0 fully saturated rings. The third-order valence-electron chi connectivity index (χ3n) is 2.25. The van der Waals surface area contributed by atoms with Crippen LogP contribution in [0.1, 0.15) is 25.5 Å². The Labute approximate surface area is 99.1 Å². The van der Waals surface area contributed by atoms with Crippen LogP contribution in [0.15, 0.2) is 24.3 Å². The van der Waals surface area contributed by atoms with E-state index in [0.29, 0.717) is 6.54 Å². The Morgan fingerprint density at radius 3 is 2.56 bits per heavy atom. The fourth-order valence-corrected chi connectivity index (χ4v) is 1.66. The van der Waals surface area contributed by atoms with Crippen LogP contribution >= 0.6 is 11.6 Å². The van der Waals surface area contributed by atoms with Crippen molar-refractivity contribution in [2.45, 2.75) is 19.9 Å². The molecule has 4 heteroatoms. The normalized spacial score (nSPS) is 12.6. The number of likely N-dealkylation sites (N-methyl/N-ethyl adjacent to an activating group) is 1. The van der Waals surface area contributed by atoms with Crippen LogP contribution in [0.4, 0.5) is 8.78 Å². The molecule has 1 atom stereocenters. The molecule has 1 aromatic carbocycles. The second kappa shape index (κ2) is 5.41. The lowest BCUT2D eigenvalue weighted by Crippen LogP contribution is -2.22. The van der Waals surface area contributed by atoms with E-state index in [1.54, 1.807) is 6.92 Å². The van der Waals surface area contributed by atoms with Gasteiger partial charge in [-0.05, 0) is 25.6 Å². The Morgan fingerprint density at radius 2 is 2.06 bits per heavy atom. The number of hydrogen-bond acceptors (Lipinski definition) is 1. The highest BCUT2D eigenvalue weighted by atomic mass is 35.5. The molecule has 0 amide bonds. The van der Waals surface area contributed by atoms with Crippen molar-refractivity contribution in [3.63, 3.8) is 0 Å². The van der Waals surface area contributed by atoms with Gasteiger partial charge in [-0.1, -0.05) is 30.7 Å². The molecular formula is C12H14ClF2N. The number of halogens is 3. The minimum atomic E-state index is -0.623. The van der Waals surface area contributed by atoms with Gasteiger partial charge in [-0.15, -0.1) is 0 Å². The van der Waals surface area contributed by atoms with E-state index in [1.165, 1.54) is 0 Å². The van der Waals surface area contributed by atoms with Crippen molar-refractivity contribution in [1.29, 1.82) is 0 Å². The highest BCUT2D eigenvalue weighted by Gasteiger charge is 2.17. The maximum atomic E-state index is 13.6. The molecule has 0 aliphatic carbocycles. The Hall–Kier alpha value is -0.930. The summed E-state index contributed by atoms with van der Waals surface area (Å²) < 4.78 is 26.9. The monoisotopic (exact) mass is 245 g/mol. The molecular weight excluding hydrogens is 232 g/mol. The van der Waals surface area contributed by atoms with Crippen LogP contribution in [-0.4, -0.2) is 6.54 Å². The van der Waals surface area contributed by atoms with Crippen molar-refractivity contribution in [1.82, 2.24) is 5.32 Å². The van der Waals surface area contributed by atoms with Gasteiger partial charge in [0.25, 0.3) is 0 Å². The Kier molecular flexibility index (Phi) is 4.44. The van der Waals surface area contributed by atoms with E-state index in [1.807, 2.05) is 6.92 Å². The van der Waals surface area contributed by atoms with Gasteiger partial charge in [0, 0.05) is 5.56 Å². The van der Waals surface area contributed by atoms with Gasteiger partial charge in [0.15, 0.2) is 0 Å². The molecule has 1 nitrogen and oxygen atoms in total. The van der Waals surface area contributed by atoms with Crippen LogP contribution in [0.5, 0.6) is 0 Å². The first-order valence-electron chi connectivity index (χ1n) is 5.00. The van der Waals surface area contributed by atoms with E-state index in [2.05, 4.69) is 11.9 Å². The van der Waals surface area contributed by atoms with Crippen LogP contribution in [0.2, 0.25) is 5.02 Å². The summed E-state index contributed by atoms with van der Waals surface area (Å²) in [6.07, 6.45) is 0. The molecule has 0 aliphatic heterocycles. The summed E-state index contributed by atoms with van der Waals surface area (Å²) in [6.45, 7) is 8.05. The average molecular weight is 246 g/mol. The second-order valence-electron chi connectivity index (χ2n) is 3.62. The standard InChI is InChI=1S/C12H14ClF2N/c1-4-16-12(7(2)3)8-5-11(15)9(13)6-10(8)14/h5-6,12,16H,2,4H2,1,3H3. The molecule has 0 bridgehead atoms. The van der Waals surface area contributed by atoms with Gasteiger partial charge in [0.05, 0.1) is 11.1 Å². The van der Waals surface area contributed by atoms with Crippen molar-refractivity contribution < 1.29 is 8.78 Å².